The molecule has 0 spiro atoms. The Morgan fingerprint density at radius 3 is 2.63 bits per heavy atom. The van der Waals surface area contributed by atoms with E-state index in [2.05, 4.69) is 42.3 Å². The number of rotatable bonds is 4. The summed E-state index contributed by atoms with van der Waals surface area (Å²) in [6.07, 6.45) is 4.49. The number of hydrogen-bond donors (Lipinski definition) is 1. The Balaban J connectivity index is 2.00. The summed E-state index contributed by atoms with van der Waals surface area (Å²) in [5.41, 5.74) is 3.82. The summed E-state index contributed by atoms with van der Waals surface area (Å²) < 4.78 is 5.34. The molecule has 1 heterocycles. The van der Waals surface area contributed by atoms with E-state index in [4.69, 9.17) is 4.74 Å². The van der Waals surface area contributed by atoms with E-state index in [1.54, 1.807) is 7.11 Å². The molecule has 0 atom stereocenters. The fourth-order valence-electron chi connectivity index (χ4n) is 2.44. The lowest BCUT2D eigenvalue weighted by molar-refractivity contribution is 0.265. The summed E-state index contributed by atoms with van der Waals surface area (Å²) in [4.78, 5) is 2.47. The van der Waals surface area contributed by atoms with Crippen molar-refractivity contribution < 1.29 is 4.74 Å². The molecule has 1 aliphatic heterocycles. The normalized spacial score (nSPS) is 17.0. The third-order valence-electron chi connectivity index (χ3n) is 3.87. The summed E-state index contributed by atoms with van der Waals surface area (Å²) in [5.74, 6) is 0.969. The molecule has 1 N–H and O–H groups in total. The van der Waals surface area contributed by atoms with Gasteiger partial charge in [-0.1, -0.05) is 18.2 Å². The molecule has 0 aromatic heterocycles. The molecule has 19 heavy (non-hydrogen) atoms. The van der Waals surface area contributed by atoms with Crippen LogP contribution in [0.3, 0.4) is 0 Å². The molecule has 0 bridgehead atoms. The molecule has 2 rings (SSSR count). The lowest BCUT2D eigenvalue weighted by atomic mass is 10.0. The maximum absolute atomic E-state index is 5.34. The quantitative estimate of drug-likeness (QED) is 0.898. The standard InChI is InChI=1S/C16H24N2O/c1-13-14(2)16(19-3)7-6-15(13)5-4-10-18-11-8-17-9-12-18/h4-7,17H,8-12H2,1-3H3/b5-4+. The molecule has 0 unspecified atom stereocenters. The van der Waals surface area contributed by atoms with Crippen molar-refractivity contribution in [3.63, 3.8) is 0 Å². The van der Waals surface area contributed by atoms with Crippen LogP contribution in [0.1, 0.15) is 16.7 Å². The van der Waals surface area contributed by atoms with Gasteiger partial charge >= 0.3 is 0 Å². The smallest absolute Gasteiger partial charge is 0.122 e. The van der Waals surface area contributed by atoms with E-state index in [0.717, 1.165) is 38.5 Å². The molecular weight excluding hydrogens is 236 g/mol. The van der Waals surface area contributed by atoms with Crippen molar-refractivity contribution in [2.45, 2.75) is 13.8 Å². The van der Waals surface area contributed by atoms with E-state index in [9.17, 15) is 0 Å². The third kappa shape index (κ3) is 3.58. The minimum atomic E-state index is 0.969. The van der Waals surface area contributed by atoms with Gasteiger partial charge in [0.15, 0.2) is 0 Å². The third-order valence-corrected chi connectivity index (χ3v) is 3.87. The van der Waals surface area contributed by atoms with Crippen molar-refractivity contribution in [1.82, 2.24) is 10.2 Å². The zero-order valence-corrected chi connectivity index (χ0v) is 12.2. The van der Waals surface area contributed by atoms with Crippen LogP contribution in [-0.2, 0) is 0 Å². The first-order valence-electron chi connectivity index (χ1n) is 6.96. The lowest BCUT2D eigenvalue weighted by Crippen LogP contribution is -2.43. The van der Waals surface area contributed by atoms with Gasteiger partial charge in [0.25, 0.3) is 0 Å². The number of piperazine rings is 1. The van der Waals surface area contributed by atoms with Crippen molar-refractivity contribution >= 4 is 6.08 Å². The number of ether oxygens (including phenoxy) is 1. The van der Waals surface area contributed by atoms with Crippen LogP contribution < -0.4 is 10.1 Å². The lowest BCUT2D eigenvalue weighted by Gasteiger charge is -2.25. The second kappa shape index (κ2) is 6.73. The highest BCUT2D eigenvalue weighted by atomic mass is 16.5. The topological polar surface area (TPSA) is 24.5 Å². The molecule has 0 saturated carbocycles. The molecule has 0 aliphatic carbocycles. The van der Waals surface area contributed by atoms with E-state index >= 15 is 0 Å². The molecule has 1 aliphatic rings. The van der Waals surface area contributed by atoms with Gasteiger partial charge in [-0.25, -0.2) is 0 Å². The Hall–Kier alpha value is -1.32. The fraction of sp³-hybridized carbons (Fsp3) is 0.500. The maximum atomic E-state index is 5.34. The Labute approximate surface area is 116 Å². The van der Waals surface area contributed by atoms with E-state index < -0.39 is 0 Å². The predicted octanol–water partition coefficient (Wildman–Crippen LogP) is 2.23. The van der Waals surface area contributed by atoms with Gasteiger partial charge in [0.2, 0.25) is 0 Å². The highest BCUT2D eigenvalue weighted by Gasteiger charge is 2.07. The number of benzene rings is 1. The molecule has 1 aromatic carbocycles. The van der Waals surface area contributed by atoms with Crippen molar-refractivity contribution in [3.8, 4) is 5.75 Å². The highest BCUT2D eigenvalue weighted by Crippen LogP contribution is 2.24. The van der Waals surface area contributed by atoms with Crippen LogP contribution in [-0.4, -0.2) is 44.7 Å². The van der Waals surface area contributed by atoms with Gasteiger partial charge < -0.3 is 10.1 Å². The fourth-order valence-corrected chi connectivity index (χ4v) is 2.44. The Morgan fingerprint density at radius 1 is 1.21 bits per heavy atom. The van der Waals surface area contributed by atoms with Crippen LogP contribution in [0.5, 0.6) is 5.75 Å². The molecule has 1 fully saturated rings. The average molecular weight is 260 g/mol. The van der Waals surface area contributed by atoms with Crippen LogP contribution in [0.2, 0.25) is 0 Å². The van der Waals surface area contributed by atoms with Crippen LogP contribution in [0.15, 0.2) is 18.2 Å². The predicted molar refractivity (Wildman–Crippen MR) is 80.8 cm³/mol. The van der Waals surface area contributed by atoms with Crippen molar-refractivity contribution in [3.05, 3.63) is 34.9 Å². The maximum Gasteiger partial charge on any atom is 0.122 e. The molecular formula is C16H24N2O. The van der Waals surface area contributed by atoms with Gasteiger partial charge in [-0.05, 0) is 36.6 Å². The summed E-state index contributed by atoms with van der Waals surface area (Å²) in [7, 11) is 1.72. The van der Waals surface area contributed by atoms with Gasteiger partial charge in [-0.2, -0.15) is 0 Å². The summed E-state index contributed by atoms with van der Waals surface area (Å²) in [6, 6.07) is 4.18. The van der Waals surface area contributed by atoms with E-state index in [1.165, 1.54) is 16.7 Å². The molecule has 0 radical (unpaired) electrons. The number of nitrogens with zero attached hydrogens (tertiary/aromatic N) is 1. The van der Waals surface area contributed by atoms with Gasteiger partial charge in [-0.3, -0.25) is 4.90 Å². The second-order valence-electron chi connectivity index (χ2n) is 5.06. The molecule has 3 nitrogen and oxygen atoms in total. The minimum absolute atomic E-state index is 0.969. The summed E-state index contributed by atoms with van der Waals surface area (Å²) >= 11 is 0. The van der Waals surface area contributed by atoms with Crippen molar-refractivity contribution in [2.24, 2.45) is 0 Å². The van der Waals surface area contributed by atoms with Crippen LogP contribution in [0, 0.1) is 13.8 Å². The first kappa shape index (κ1) is 14.1. The molecule has 0 amide bonds. The van der Waals surface area contributed by atoms with Crippen molar-refractivity contribution in [1.29, 1.82) is 0 Å². The first-order valence-corrected chi connectivity index (χ1v) is 6.96. The number of hydrogen-bond acceptors (Lipinski definition) is 3. The highest BCUT2D eigenvalue weighted by molar-refractivity contribution is 5.58. The van der Waals surface area contributed by atoms with Crippen LogP contribution in [0.25, 0.3) is 6.08 Å². The second-order valence-corrected chi connectivity index (χ2v) is 5.06. The zero-order valence-electron chi connectivity index (χ0n) is 12.2. The Kier molecular flexibility index (Phi) is 5.00. The zero-order chi connectivity index (χ0) is 13.7. The van der Waals surface area contributed by atoms with Crippen molar-refractivity contribution in [2.75, 3.05) is 39.8 Å². The van der Waals surface area contributed by atoms with Crippen LogP contribution >= 0.6 is 0 Å². The molecule has 1 saturated heterocycles. The first-order chi connectivity index (χ1) is 9.22. The van der Waals surface area contributed by atoms with E-state index in [0.29, 0.717) is 0 Å². The SMILES string of the molecule is COc1ccc(/C=C/CN2CCNCC2)c(C)c1C. The van der Waals surface area contributed by atoms with Gasteiger partial charge in [0.05, 0.1) is 7.11 Å². The largest absolute Gasteiger partial charge is 0.496 e. The van der Waals surface area contributed by atoms with Gasteiger partial charge in [0.1, 0.15) is 5.75 Å². The van der Waals surface area contributed by atoms with Crippen LogP contribution in [0.4, 0.5) is 0 Å². The molecule has 104 valence electrons. The Morgan fingerprint density at radius 2 is 1.95 bits per heavy atom. The molecule has 1 aromatic rings. The van der Waals surface area contributed by atoms with Gasteiger partial charge in [0, 0.05) is 32.7 Å². The van der Waals surface area contributed by atoms with E-state index in [1.807, 2.05) is 6.07 Å². The number of methoxy groups -OCH3 is 1. The number of nitrogens with one attached hydrogen (secondary N) is 1. The average Bonchev–Trinajstić information content (AvgIpc) is 2.45. The monoisotopic (exact) mass is 260 g/mol. The Bertz CT molecular complexity index is 448. The molecule has 3 heteroatoms. The van der Waals surface area contributed by atoms with Gasteiger partial charge in [-0.15, -0.1) is 0 Å². The minimum Gasteiger partial charge on any atom is -0.496 e. The summed E-state index contributed by atoms with van der Waals surface area (Å²) in [6.45, 7) is 9.80. The van der Waals surface area contributed by atoms with E-state index in [-0.39, 0.29) is 0 Å². The summed E-state index contributed by atoms with van der Waals surface area (Å²) in [5, 5.41) is 3.37.